The van der Waals surface area contributed by atoms with Crippen LogP contribution in [-0.4, -0.2) is 45.6 Å². The van der Waals surface area contributed by atoms with Crippen molar-refractivity contribution in [3.05, 3.63) is 67.3 Å². The normalized spacial score (nSPS) is 14.2. The van der Waals surface area contributed by atoms with E-state index in [-0.39, 0.29) is 5.91 Å². The lowest BCUT2D eigenvalue weighted by Crippen LogP contribution is -2.18. The van der Waals surface area contributed by atoms with Crippen LogP contribution in [0.1, 0.15) is 44.2 Å². The molecule has 0 aliphatic heterocycles. The Morgan fingerprint density at radius 2 is 1.93 bits per heavy atom. The summed E-state index contributed by atoms with van der Waals surface area (Å²) >= 11 is 0. The summed E-state index contributed by atoms with van der Waals surface area (Å²) < 4.78 is 1.97. The third kappa shape index (κ3) is 4.61. The summed E-state index contributed by atoms with van der Waals surface area (Å²) in [6.07, 6.45) is 17.4. The molecule has 1 aliphatic rings. The molecule has 10 nitrogen and oxygen atoms in total. The van der Waals surface area contributed by atoms with Gasteiger partial charge in [0.25, 0.3) is 0 Å². The molecule has 1 fully saturated rings. The summed E-state index contributed by atoms with van der Waals surface area (Å²) in [5.41, 5.74) is 8.12. The maximum atomic E-state index is 12.7. The summed E-state index contributed by atoms with van der Waals surface area (Å²) in [4.78, 5) is 34.2. The van der Waals surface area contributed by atoms with E-state index in [4.69, 9.17) is 4.98 Å². The molecule has 1 amide bonds. The van der Waals surface area contributed by atoms with Crippen molar-refractivity contribution >= 4 is 33.5 Å². The average Bonchev–Trinajstić information content (AvgIpc) is 3.71. The zero-order chi connectivity index (χ0) is 27.1. The number of carbonyl (C=O) groups is 1. The van der Waals surface area contributed by atoms with E-state index in [1.54, 1.807) is 24.9 Å². The van der Waals surface area contributed by atoms with E-state index < -0.39 is 0 Å². The lowest BCUT2D eigenvalue weighted by Gasteiger charge is -2.20. The van der Waals surface area contributed by atoms with Gasteiger partial charge in [-0.1, -0.05) is 19.3 Å². The molecule has 0 spiro atoms. The van der Waals surface area contributed by atoms with Crippen molar-refractivity contribution in [1.82, 2.24) is 39.7 Å². The monoisotopic (exact) mass is 531 g/mol. The Bertz CT molecular complexity index is 1840. The van der Waals surface area contributed by atoms with Crippen LogP contribution in [0.3, 0.4) is 0 Å². The highest BCUT2D eigenvalue weighted by atomic mass is 16.1. The van der Waals surface area contributed by atoms with Crippen molar-refractivity contribution < 1.29 is 4.79 Å². The van der Waals surface area contributed by atoms with E-state index in [9.17, 15) is 4.79 Å². The zero-order valence-corrected chi connectivity index (χ0v) is 22.2. The number of pyridine rings is 3. The number of hydrogen-bond acceptors (Lipinski definition) is 6. The first-order valence-corrected chi connectivity index (χ1v) is 13.7. The van der Waals surface area contributed by atoms with Gasteiger partial charge in [0.1, 0.15) is 11.2 Å². The Morgan fingerprint density at radius 1 is 1.05 bits per heavy atom. The number of aromatic amines is 2. The molecule has 0 saturated heterocycles. The van der Waals surface area contributed by atoms with Crippen molar-refractivity contribution in [3.63, 3.8) is 0 Å². The minimum absolute atomic E-state index is 0.0462. The molecule has 0 unspecified atom stereocenters. The number of aryl methyl sites for hydroxylation is 1. The van der Waals surface area contributed by atoms with Crippen LogP contribution < -0.4 is 5.32 Å². The summed E-state index contributed by atoms with van der Waals surface area (Å²) in [5, 5.41) is 11.7. The zero-order valence-electron chi connectivity index (χ0n) is 22.2. The molecule has 0 radical (unpaired) electrons. The second-order valence-corrected chi connectivity index (χ2v) is 10.6. The van der Waals surface area contributed by atoms with Gasteiger partial charge >= 0.3 is 0 Å². The Hall–Kier alpha value is -4.86. The molecule has 3 N–H and O–H groups in total. The largest absolute Gasteiger partial charge is 0.352 e. The molecule has 6 aromatic heterocycles. The van der Waals surface area contributed by atoms with Crippen molar-refractivity contribution in [3.8, 4) is 28.3 Å². The van der Waals surface area contributed by atoms with Gasteiger partial charge in [0.15, 0.2) is 0 Å². The van der Waals surface area contributed by atoms with Gasteiger partial charge in [-0.15, -0.1) is 0 Å². The van der Waals surface area contributed by atoms with Crippen LogP contribution in [0.2, 0.25) is 0 Å². The fourth-order valence-corrected chi connectivity index (χ4v) is 5.68. The van der Waals surface area contributed by atoms with E-state index in [1.165, 1.54) is 19.3 Å². The minimum atomic E-state index is 0.0462. The van der Waals surface area contributed by atoms with E-state index in [0.29, 0.717) is 23.7 Å². The van der Waals surface area contributed by atoms with Crippen LogP contribution in [0.25, 0.3) is 50.3 Å². The molecule has 10 heteroatoms. The second kappa shape index (κ2) is 10.0. The molecular formula is C30H29N9O. The minimum Gasteiger partial charge on any atom is -0.352 e. The molecule has 1 saturated carbocycles. The first-order chi connectivity index (χ1) is 19.6. The highest BCUT2D eigenvalue weighted by molar-refractivity contribution is 5.97. The summed E-state index contributed by atoms with van der Waals surface area (Å²) in [7, 11) is 0. The van der Waals surface area contributed by atoms with Gasteiger partial charge in [-0.05, 0) is 49.9 Å². The van der Waals surface area contributed by atoms with E-state index in [2.05, 4.69) is 41.5 Å². The Morgan fingerprint density at radius 3 is 2.77 bits per heavy atom. The average molecular weight is 532 g/mol. The maximum Gasteiger partial charge on any atom is 0.224 e. The number of fused-ring (bicyclic) bond motifs is 2. The van der Waals surface area contributed by atoms with Crippen molar-refractivity contribution in [2.24, 2.45) is 5.92 Å². The van der Waals surface area contributed by atoms with E-state index in [1.807, 2.05) is 42.1 Å². The third-order valence-corrected chi connectivity index (χ3v) is 7.69. The predicted molar refractivity (Wildman–Crippen MR) is 154 cm³/mol. The number of rotatable bonds is 6. The fourth-order valence-electron chi connectivity index (χ4n) is 5.68. The standard InChI is InChI=1S/C30H29N9O/c1-18-16-39(17-33-18)27-15-32-14-26-22(27)11-25(35-26)30-29-24(37-38-30)8-7-23(36-29)20-10-21(13-31-12-20)34-28(40)9-19-5-3-2-4-6-19/h7-8,10-17,19,35H,2-6,9H2,1H3,(H,34,40)(H,37,38). The lowest BCUT2D eigenvalue weighted by molar-refractivity contribution is -0.117. The highest BCUT2D eigenvalue weighted by Crippen LogP contribution is 2.32. The fraction of sp³-hybridized carbons (Fsp3) is 0.267. The van der Waals surface area contributed by atoms with Crippen LogP contribution in [0.5, 0.6) is 0 Å². The van der Waals surface area contributed by atoms with Gasteiger partial charge in [0, 0.05) is 29.8 Å². The van der Waals surface area contributed by atoms with Gasteiger partial charge in [-0.2, -0.15) is 5.10 Å². The number of amides is 1. The third-order valence-electron chi connectivity index (χ3n) is 7.69. The van der Waals surface area contributed by atoms with Crippen LogP contribution in [-0.2, 0) is 4.79 Å². The topological polar surface area (TPSA) is 130 Å². The SMILES string of the molecule is Cc1cn(-c2cncc3[nH]c(-c4n[nH]c5ccc(-c6cncc(NC(=O)CC7CCCCC7)c6)nc45)cc23)cn1. The number of H-pyrrole nitrogens is 2. The molecular weight excluding hydrogens is 502 g/mol. The molecule has 40 heavy (non-hydrogen) atoms. The molecule has 0 bridgehead atoms. The van der Waals surface area contributed by atoms with Crippen LogP contribution >= 0.6 is 0 Å². The number of carbonyl (C=O) groups excluding carboxylic acids is 1. The van der Waals surface area contributed by atoms with Gasteiger partial charge in [-0.3, -0.25) is 19.9 Å². The number of nitrogens with zero attached hydrogens (tertiary/aromatic N) is 6. The molecule has 0 aromatic carbocycles. The number of hydrogen-bond donors (Lipinski definition) is 3. The quantitative estimate of drug-likeness (QED) is 0.243. The van der Waals surface area contributed by atoms with Crippen LogP contribution in [0, 0.1) is 12.8 Å². The van der Waals surface area contributed by atoms with Gasteiger partial charge in [0.2, 0.25) is 5.91 Å². The Balaban J connectivity index is 1.19. The number of imidazole rings is 1. The van der Waals surface area contributed by atoms with Crippen molar-refractivity contribution in [2.45, 2.75) is 45.4 Å². The molecule has 6 aromatic rings. The first kappa shape index (κ1) is 24.2. The van der Waals surface area contributed by atoms with Gasteiger partial charge in [-0.25, -0.2) is 9.97 Å². The lowest BCUT2D eigenvalue weighted by atomic mass is 9.87. The predicted octanol–water partition coefficient (Wildman–Crippen LogP) is 5.97. The molecule has 7 rings (SSSR count). The van der Waals surface area contributed by atoms with Crippen molar-refractivity contribution in [2.75, 3.05) is 5.32 Å². The Labute approximate surface area is 230 Å². The van der Waals surface area contributed by atoms with E-state index >= 15 is 0 Å². The molecule has 0 atom stereocenters. The molecule has 200 valence electrons. The second-order valence-electron chi connectivity index (χ2n) is 10.6. The van der Waals surface area contributed by atoms with E-state index in [0.717, 1.165) is 63.1 Å². The molecule has 6 heterocycles. The van der Waals surface area contributed by atoms with Crippen LogP contribution in [0.15, 0.2) is 61.6 Å². The summed E-state index contributed by atoms with van der Waals surface area (Å²) in [6.45, 7) is 1.96. The summed E-state index contributed by atoms with van der Waals surface area (Å²) in [5.74, 6) is 0.527. The van der Waals surface area contributed by atoms with Gasteiger partial charge in [0.05, 0.1) is 64.4 Å². The number of anilines is 1. The number of nitrogens with one attached hydrogen (secondary N) is 3. The maximum absolute atomic E-state index is 12.7. The van der Waals surface area contributed by atoms with Crippen molar-refractivity contribution in [1.29, 1.82) is 0 Å². The Kier molecular flexibility index (Phi) is 6.07. The summed E-state index contributed by atoms with van der Waals surface area (Å²) in [6, 6.07) is 7.89. The first-order valence-electron chi connectivity index (χ1n) is 13.7. The highest BCUT2D eigenvalue weighted by Gasteiger charge is 2.18. The van der Waals surface area contributed by atoms with Crippen LogP contribution in [0.4, 0.5) is 5.69 Å². The molecule has 1 aliphatic carbocycles. The number of aromatic nitrogens is 8. The smallest absolute Gasteiger partial charge is 0.224 e. The van der Waals surface area contributed by atoms with Gasteiger partial charge < -0.3 is 14.9 Å².